The van der Waals surface area contributed by atoms with Crippen LogP contribution in [0.3, 0.4) is 0 Å². The molecule has 0 aromatic rings. The van der Waals surface area contributed by atoms with Crippen molar-refractivity contribution in [1.29, 1.82) is 0 Å². The molecular formula is C11H20S. The summed E-state index contributed by atoms with van der Waals surface area (Å²) in [4.78, 5) is 1.31. The molecule has 0 nitrogen and oxygen atoms in total. The van der Waals surface area contributed by atoms with Crippen molar-refractivity contribution in [2.45, 2.75) is 53.4 Å². The summed E-state index contributed by atoms with van der Waals surface area (Å²) in [6.07, 6.45) is 5.12. The van der Waals surface area contributed by atoms with Crippen LogP contribution in [0.15, 0.2) is 0 Å². The molecule has 0 aliphatic heterocycles. The molecule has 0 spiro atoms. The van der Waals surface area contributed by atoms with Gasteiger partial charge in [-0.2, -0.15) is 0 Å². The molecule has 0 heterocycles. The highest BCUT2D eigenvalue weighted by Gasteiger charge is 2.40. The highest BCUT2D eigenvalue weighted by atomic mass is 32.1. The zero-order valence-electron chi connectivity index (χ0n) is 8.74. The van der Waals surface area contributed by atoms with Crippen LogP contribution in [-0.2, 0) is 0 Å². The van der Waals surface area contributed by atoms with Crippen molar-refractivity contribution in [2.75, 3.05) is 0 Å². The van der Waals surface area contributed by atoms with E-state index >= 15 is 0 Å². The molecule has 1 aliphatic rings. The second-order valence-corrected chi connectivity index (χ2v) is 5.39. The quantitative estimate of drug-likeness (QED) is 0.555. The van der Waals surface area contributed by atoms with Gasteiger partial charge in [0.2, 0.25) is 0 Å². The SMILES string of the molecule is CCC1(C)CCCC(C)(C)C1=S. The molecule has 1 fully saturated rings. The lowest BCUT2D eigenvalue weighted by Gasteiger charge is -2.43. The summed E-state index contributed by atoms with van der Waals surface area (Å²) >= 11 is 5.58. The van der Waals surface area contributed by atoms with Gasteiger partial charge in [-0.1, -0.05) is 46.3 Å². The van der Waals surface area contributed by atoms with Crippen molar-refractivity contribution < 1.29 is 0 Å². The van der Waals surface area contributed by atoms with E-state index in [4.69, 9.17) is 12.2 Å². The number of rotatable bonds is 1. The summed E-state index contributed by atoms with van der Waals surface area (Å²) in [5.74, 6) is 0. The van der Waals surface area contributed by atoms with Gasteiger partial charge in [0.1, 0.15) is 0 Å². The lowest BCUT2D eigenvalue weighted by molar-refractivity contribution is 0.284. The van der Waals surface area contributed by atoms with Gasteiger partial charge in [0.25, 0.3) is 0 Å². The molecule has 1 heteroatoms. The molecule has 0 aromatic heterocycles. The standard InChI is InChI=1S/C11H20S/c1-5-11(4)8-6-7-10(2,3)9(11)12/h5-8H2,1-4H3. The molecule has 1 rings (SSSR count). The smallest absolute Gasteiger partial charge is 0.00436 e. The zero-order valence-corrected chi connectivity index (χ0v) is 9.55. The van der Waals surface area contributed by atoms with Crippen molar-refractivity contribution >= 4 is 17.1 Å². The van der Waals surface area contributed by atoms with Crippen LogP contribution in [0.5, 0.6) is 0 Å². The lowest BCUT2D eigenvalue weighted by atomic mass is 9.63. The van der Waals surface area contributed by atoms with Crippen LogP contribution < -0.4 is 0 Å². The van der Waals surface area contributed by atoms with E-state index in [-0.39, 0.29) is 0 Å². The van der Waals surface area contributed by atoms with Crippen molar-refractivity contribution in [3.63, 3.8) is 0 Å². The van der Waals surface area contributed by atoms with Crippen LogP contribution in [0.2, 0.25) is 0 Å². The van der Waals surface area contributed by atoms with Crippen molar-refractivity contribution in [1.82, 2.24) is 0 Å². The Morgan fingerprint density at radius 3 is 2.25 bits per heavy atom. The molecule has 0 bridgehead atoms. The topological polar surface area (TPSA) is 0 Å². The van der Waals surface area contributed by atoms with E-state index < -0.39 is 0 Å². The molecule has 1 atom stereocenters. The Bertz CT molecular complexity index is 193. The van der Waals surface area contributed by atoms with Gasteiger partial charge in [-0.15, -0.1) is 0 Å². The fourth-order valence-electron chi connectivity index (χ4n) is 2.30. The molecule has 0 aromatic carbocycles. The maximum absolute atomic E-state index is 5.58. The van der Waals surface area contributed by atoms with E-state index in [2.05, 4.69) is 27.7 Å². The third-order valence-electron chi connectivity index (χ3n) is 3.47. The Morgan fingerprint density at radius 1 is 1.25 bits per heavy atom. The van der Waals surface area contributed by atoms with E-state index in [1.807, 2.05) is 0 Å². The normalized spacial score (nSPS) is 35.2. The minimum absolute atomic E-state index is 0.304. The number of thiocarbonyl (C=S) groups is 1. The highest BCUT2D eigenvalue weighted by molar-refractivity contribution is 7.80. The van der Waals surface area contributed by atoms with Gasteiger partial charge in [0.05, 0.1) is 0 Å². The van der Waals surface area contributed by atoms with E-state index in [0.717, 1.165) is 0 Å². The van der Waals surface area contributed by atoms with Crippen LogP contribution in [0.4, 0.5) is 0 Å². The average Bonchev–Trinajstić information content (AvgIpc) is 2.00. The van der Waals surface area contributed by atoms with Crippen LogP contribution >= 0.6 is 12.2 Å². The van der Waals surface area contributed by atoms with Gasteiger partial charge in [-0.3, -0.25) is 0 Å². The van der Waals surface area contributed by atoms with Crippen molar-refractivity contribution in [2.24, 2.45) is 10.8 Å². The minimum Gasteiger partial charge on any atom is -0.0885 e. The summed E-state index contributed by atoms with van der Waals surface area (Å²) in [5, 5.41) is 0. The van der Waals surface area contributed by atoms with Crippen LogP contribution in [-0.4, -0.2) is 4.86 Å². The molecule has 0 radical (unpaired) electrons. The van der Waals surface area contributed by atoms with E-state index in [1.165, 1.54) is 30.5 Å². The Kier molecular flexibility index (Phi) is 2.63. The van der Waals surface area contributed by atoms with Crippen LogP contribution in [0.25, 0.3) is 0 Å². The molecular weight excluding hydrogens is 164 g/mol. The van der Waals surface area contributed by atoms with Gasteiger partial charge in [0, 0.05) is 4.86 Å². The molecule has 1 aliphatic carbocycles. The molecule has 0 amide bonds. The Labute approximate surface area is 81.7 Å². The van der Waals surface area contributed by atoms with Crippen LogP contribution in [0, 0.1) is 10.8 Å². The Balaban J connectivity index is 2.87. The molecule has 0 N–H and O–H groups in total. The number of hydrogen-bond donors (Lipinski definition) is 0. The fraction of sp³-hybridized carbons (Fsp3) is 0.909. The number of hydrogen-bond acceptors (Lipinski definition) is 1. The maximum Gasteiger partial charge on any atom is 0.00436 e. The predicted octanol–water partition coefficient (Wildman–Crippen LogP) is 3.98. The lowest BCUT2D eigenvalue weighted by Crippen LogP contribution is -2.40. The molecule has 1 unspecified atom stereocenters. The molecule has 0 saturated heterocycles. The van der Waals surface area contributed by atoms with Gasteiger partial charge < -0.3 is 0 Å². The third-order valence-corrected chi connectivity index (χ3v) is 4.52. The monoisotopic (exact) mass is 184 g/mol. The first-order valence-electron chi connectivity index (χ1n) is 4.97. The van der Waals surface area contributed by atoms with Gasteiger partial charge >= 0.3 is 0 Å². The summed E-state index contributed by atoms with van der Waals surface area (Å²) in [7, 11) is 0. The second kappa shape index (κ2) is 3.10. The fourth-order valence-corrected chi connectivity index (χ4v) is 2.65. The van der Waals surface area contributed by atoms with E-state index in [1.54, 1.807) is 0 Å². The van der Waals surface area contributed by atoms with Crippen molar-refractivity contribution in [3.8, 4) is 0 Å². The summed E-state index contributed by atoms with van der Waals surface area (Å²) in [6, 6.07) is 0. The Morgan fingerprint density at radius 2 is 1.83 bits per heavy atom. The first-order chi connectivity index (χ1) is 5.42. The minimum atomic E-state index is 0.304. The first kappa shape index (κ1) is 10.2. The molecule has 12 heavy (non-hydrogen) atoms. The second-order valence-electron chi connectivity index (χ2n) is 4.98. The van der Waals surface area contributed by atoms with E-state index in [9.17, 15) is 0 Å². The largest absolute Gasteiger partial charge is 0.0885 e. The summed E-state index contributed by atoms with van der Waals surface area (Å²) in [5.41, 5.74) is 0.648. The van der Waals surface area contributed by atoms with Crippen LogP contribution in [0.1, 0.15) is 53.4 Å². The van der Waals surface area contributed by atoms with Gasteiger partial charge in [-0.25, -0.2) is 0 Å². The first-order valence-corrected chi connectivity index (χ1v) is 5.38. The third kappa shape index (κ3) is 1.56. The van der Waals surface area contributed by atoms with Gasteiger partial charge in [0.15, 0.2) is 0 Å². The highest BCUT2D eigenvalue weighted by Crippen LogP contribution is 2.45. The van der Waals surface area contributed by atoms with Crippen molar-refractivity contribution in [3.05, 3.63) is 0 Å². The maximum atomic E-state index is 5.58. The summed E-state index contributed by atoms with van der Waals surface area (Å²) < 4.78 is 0. The molecule has 70 valence electrons. The summed E-state index contributed by atoms with van der Waals surface area (Å²) in [6.45, 7) is 9.18. The van der Waals surface area contributed by atoms with E-state index in [0.29, 0.717) is 10.8 Å². The average molecular weight is 184 g/mol. The Hall–Kier alpha value is 0.0900. The molecule has 1 saturated carbocycles. The zero-order chi connectivity index (χ0) is 9.41. The predicted molar refractivity (Wildman–Crippen MR) is 58.6 cm³/mol. The van der Waals surface area contributed by atoms with Gasteiger partial charge in [-0.05, 0) is 30.1 Å².